The molecule has 0 aliphatic carbocycles. The van der Waals surface area contributed by atoms with E-state index in [1.807, 2.05) is 24.3 Å². The molecule has 0 amide bonds. The molecule has 102 valence electrons. The predicted octanol–water partition coefficient (Wildman–Crippen LogP) is 3.13. The zero-order valence-electron chi connectivity index (χ0n) is 10.8. The molecule has 2 aromatic carbocycles. The lowest BCUT2D eigenvalue weighted by atomic mass is 10.2. The molecule has 0 heterocycles. The van der Waals surface area contributed by atoms with E-state index in [2.05, 4.69) is 10.5 Å². The second kappa shape index (κ2) is 6.77. The van der Waals surface area contributed by atoms with Gasteiger partial charge < -0.3 is 4.74 Å². The molecule has 0 saturated heterocycles. The topological polar surface area (TPSA) is 33.6 Å². The van der Waals surface area contributed by atoms with Crippen molar-refractivity contribution in [2.24, 2.45) is 5.10 Å². The lowest BCUT2D eigenvalue weighted by molar-refractivity contribution is 0.415. The highest BCUT2D eigenvalue weighted by Crippen LogP contribution is 2.11. The van der Waals surface area contributed by atoms with Gasteiger partial charge in [-0.05, 0) is 42.0 Å². The quantitative estimate of drug-likeness (QED) is 0.533. The van der Waals surface area contributed by atoms with Gasteiger partial charge in [0.1, 0.15) is 16.6 Å². The second-order valence-electron chi connectivity index (χ2n) is 3.98. The van der Waals surface area contributed by atoms with Gasteiger partial charge in [0, 0.05) is 5.56 Å². The van der Waals surface area contributed by atoms with Gasteiger partial charge in [0.15, 0.2) is 0 Å². The Bertz CT molecular complexity index is 626. The molecule has 0 unspecified atom stereocenters. The monoisotopic (exact) mass is 288 g/mol. The van der Waals surface area contributed by atoms with Crippen molar-refractivity contribution in [3.63, 3.8) is 0 Å². The molecule has 0 fully saturated rings. The van der Waals surface area contributed by atoms with Crippen molar-refractivity contribution in [3.8, 4) is 5.75 Å². The number of thiocarbonyl (C=S) groups is 1. The van der Waals surface area contributed by atoms with E-state index < -0.39 is 0 Å². The lowest BCUT2D eigenvalue weighted by Gasteiger charge is -2.04. The molecule has 0 bridgehead atoms. The van der Waals surface area contributed by atoms with Crippen LogP contribution in [0, 0.1) is 5.82 Å². The number of halogens is 1. The third-order valence-corrected chi connectivity index (χ3v) is 2.91. The first-order chi connectivity index (χ1) is 9.69. The average molecular weight is 288 g/mol. The standard InChI is InChI=1S/C15H13FN2OS/c1-19-14-7-5-12(6-8-14)15(20)18-17-10-11-3-2-4-13(16)9-11/h2-10H,1H3,(H,18,20)/b17-10+. The van der Waals surface area contributed by atoms with Crippen molar-refractivity contribution >= 4 is 23.4 Å². The third kappa shape index (κ3) is 3.86. The third-order valence-electron chi connectivity index (χ3n) is 2.58. The first-order valence-corrected chi connectivity index (χ1v) is 6.33. The molecule has 0 aliphatic heterocycles. The number of hydrogen-bond donors (Lipinski definition) is 1. The van der Waals surface area contributed by atoms with Crippen LogP contribution in [0.25, 0.3) is 0 Å². The summed E-state index contributed by atoms with van der Waals surface area (Å²) >= 11 is 5.20. The maximum atomic E-state index is 13.0. The van der Waals surface area contributed by atoms with Gasteiger partial charge in [-0.1, -0.05) is 24.4 Å². The molecule has 0 spiro atoms. The Morgan fingerprint density at radius 2 is 2.00 bits per heavy atom. The summed E-state index contributed by atoms with van der Waals surface area (Å²) in [6.45, 7) is 0. The predicted molar refractivity (Wildman–Crippen MR) is 81.8 cm³/mol. The second-order valence-corrected chi connectivity index (χ2v) is 4.39. The maximum absolute atomic E-state index is 13.0. The van der Waals surface area contributed by atoms with E-state index >= 15 is 0 Å². The number of methoxy groups -OCH3 is 1. The summed E-state index contributed by atoms with van der Waals surface area (Å²) in [5, 5.41) is 3.99. The number of nitrogens with zero attached hydrogens (tertiary/aromatic N) is 1. The van der Waals surface area contributed by atoms with Crippen molar-refractivity contribution in [1.82, 2.24) is 5.43 Å². The van der Waals surface area contributed by atoms with E-state index in [0.29, 0.717) is 10.6 Å². The first kappa shape index (κ1) is 14.1. The Hall–Kier alpha value is -2.27. The fourth-order valence-electron chi connectivity index (χ4n) is 1.56. The van der Waals surface area contributed by atoms with Crippen LogP contribution in [0.3, 0.4) is 0 Å². The Morgan fingerprint density at radius 3 is 2.65 bits per heavy atom. The van der Waals surface area contributed by atoms with Gasteiger partial charge in [0.05, 0.1) is 13.3 Å². The summed E-state index contributed by atoms with van der Waals surface area (Å²) in [6, 6.07) is 13.5. The van der Waals surface area contributed by atoms with Crippen molar-refractivity contribution in [2.45, 2.75) is 0 Å². The highest BCUT2D eigenvalue weighted by atomic mass is 32.1. The summed E-state index contributed by atoms with van der Waals surface area (Å²) in [5.41, 5.74) is 4.23. The largest absolute Gasteiger partial charge is 0.497 e. The van der Waals surface area contributed by atoms with Crippen LogP contribution in [-0.2, 0) is 0 Å². The van der Waals surface area contributed by atoms with E-state index in [1.165, 1.54) is 18.3 Å². The number of rotatable bonds is 4. The fourth-order valence-corrected chi connectivity index (χ4v) is 1.75. The van der Waals surface area contributed by atoms with Crippen LogP contribution in [-0.4, -0.2) is 18.3 Å². The van der Waals surface area contributed by atoms with Gasteiger partial charge >= 0.3 is 0 Å². The summed E-state index contributed by atoms with van der Waals surface area (Å²) < 4.78 is 18.0. The molecule has 3 nitrogen and oxygen atoms in total. The Morgan fingerprint density at radius 1 is 1.25 bits per heavy atom. The Balaban J connectivity index is 1.97. The van der Waals surface area contributed by atoms with Crippen molar-refractivity contribution in [2.75, 3.05) is 7.11 Å². The molecule has 0 aromatic heterocycles. The van der Waals surface area contributed by atoms with Crippen LogP contribution in [0.5, 0.6) is 5.75 Å². The summed E-state index contributed by atoms with van der Waals surface area (Å²) in [5.74, 6) is 0.464. The molecule has 0 atom stereocenters. The van der Waals surface area contributed by atoms with Crippen LogP contribution < -0.4 is 10.2 Å². The van der Waals surface area contributed by atoms with Crippen molar-refractivity contribution in [1.29, 1.82) is 0 Å². The molecular weight excluding hydrogens is 275 g/mol. The highest BCUT2D eigenvalue weighted by Gasteiger charge is 1.99. The normalized spacial score (nSPS) is 10.5. The summed E-state index contributed by atoms with van der Waals surface area (Å²) in [6.07, 6.45) is 1.51. The number of nitrogens with one attached hydrogen (secondary N) is 1. The van der Waals surface area contributed by atoms with Gasteiger partial charge in [-0.2, -0.15) is 5.10 Å². The van der Waals surface area contributed by atoms with Gasteiger partial charge in [-0.25, -0.2) is 4.39 Å². The number of benzene rings is 2. The minimum absolute atomic E-state index is 0.299. The molecule has 2 rings (SSSR count). The van der Waals surface area contributed by atoms with E-state index in [0.717, 1.165) is 11.3 Å². The summed E-state index contributed by atoms with van der Waals surface area (Å²) in [4.78, 5) is 0.486. The number of hydrazone groups is 1. The van der Waals surface area contributed by atoms with Gasteiger partial charge in [-0.3, -0.25) is 5.43 Å². The SMILES string of the molecule is COc1ccc(C(=S)N/N=C/c2cccc(F)c2)cc1. The van der Waals surface area contributed by atoms with Crippen molar-refractivity contribution in [3.05, 3.63) is 65.5 Å². The van der Waals surface area contributed by atoms with E-state index in [4.69, 9.17) is 17.0 Å². The first-order valence-electron chi connectivity index (χ1n) is 5.92. The van der Waals surface area contributed by atoms with Crippen molar-refractivity contribution < 1.29 is 9.13 Å². The summed E-state index contributed by atoms with van der Waals surface area (Å²) in [7, 11) is 1.61. The van der Waals surface area contributed by atoms with Crippen LogP contribution in [0.4, 0.5) is 4.39 Å². The molecule has 1 N–H and O–H groups in total. The van der Waals surface area contributed by atoms with Gasteiger partial charge in [0.25, 0.3) is 0 Å². The lowest BCUT2D eigenvalue weighted by Crippen LogP contribution is -2.16. The zero-order valence-corrected chi connectivity index (χ0v) is 11.7. The Kier molecular flexibility index (Phi) is 4.79. The zero-order chi connectivity index (χ0) is 14.4. The maximum Gasteiger partial charge on any atom is 0.126 e. The van der Waals surface area contributed by atoms with Crippen LogP contribution in [0.1, 0.15) is 11.1 Å². The molecule has 5 heteroatoms. The molecule has 0 radical (unpaired) electrons. The van der Waals surface area contributed by atoms with E-state index in [9.17, 15) is 4.39 Å². The van der Waals surface area contributed by atoms with Crippen LogP contribution >= 0.6 is 12.2 Å². The van der Waals surface area contributed by atoms with Crippen LogP contribution in [0.2, 0.25) is 0 Å². The molecule has 0 saturated carbocycles. The smallest absolute Gasteiger partial charge is 0.126 e. The molecule has 0 aliphatic rings. The van der Waals surface area contributed by atoms with Crippen LogP contribution in [0.15, 0.2) is 53.6 Å². The minimum Gasteiger partial charge on any atom is -0.497 e. The molecule has 20 heavy (non-hydrogen) atoms. The average Bonchev–Trinajstić information content (AvgIpc) is 2.47. The Labute approximate surface area is 122 Å². The fraction of sp³-hybridized carbons (Fsp3) is 0.0667. The molecule has 2 aromatic rings. The molecular formula is C15H13FN2OS. The number of ether oxygens (including phenoxy) is 1. The van der Waals surface area contributed by atoms with E-state index in [1.54, 1.807) is 19.2 Å². The minimum atomic E-state index is -0.299. The highest BCUT2D eigenvalue weighted by molar-refractivity contribution is 7.80. The van der Waals surface area contributed by atoms with Gasteiger partial charge in [-0.15, -0.1) is 0 Å². The van der Waals surface area contributed by atoms with Gasteiger partial charge in [0.2, 0.25) is 0 Å². The van der Waals surface area contributed by atoms with E-state index in [-0.39, 0.29) is 5.82 Å². The number of hydrogen-bond acceptors (Lipinski definition) is 3.